The normalized spacial score (nSPS) is 20.0. The van der Waals surface area contributed by atoms with Gasteiger partial charge in [-0.2, -0.15) is 0 Å². The van der Waals surface area contributed by atoms with Gasteiger partial charge >= 0.3 is 74.2 Å². The summed E-state index contributed by atoms with van der Waals surface area (Å²) in [5.74, 6) is 3.80. The summed E-state index contributed by atoms with van der Waals surface area (Å²) in [7, 11) is 0. The van der Waals surface area contributed by atoms with Crippen LogP contribution in [0.15, 0.2) is 0 Å². The standard InChI is InChI=1S/C20H36N2O2.C14H25NO2.C6H13NO.4C5H10.CH4.8CH3.4Fe/c23-16-19-9-11-22(12-10-19)20(24)15-21(13-17-5-1-2-6-17)14-18-7-3-4-8-18;16-14(17)11-15(9-12-5-1-2-6-12)10-13-7-3-4-8-13;8-5-6-1-3-7-4-2-6;4*1-2-4-5-3-1;;;;;;;;;;;;;/h17-19,23H,1-16H2;12-13H,1-11H2,(H,16,17);6-8H,1-5H2;4*1-5H2;1H4;8*1H3;;;;/q;;;;;;;;8*-1;4*+2. The van der Waals surface area contributed by atoms with Gasteiger partial charge in [0, 0.05) is 52.5 Å². The number of rotatable bonds is 14. The molecule has 10 fully saturated rings. The Morgan fingerprint density at radius 1 is 0.341 bits per heavy atom. The van der Waals surface area contributed by atoms with E-state index in [2.05, 4.69) is 15.1 Å². The van der Waals surface area contributed by atoms with E-state index in [0.29, 0.717) is 30.9 Å². The number of carboxylic acid groups (broad SMARTS) is 1. The summed E-state index contributed by atoms with van der Waals surface area (Å²) in [6.45, 7) is 9.67. The van der Waals surface area contributed by atoms with E-state index in [1.807, 2.05) is 4.90 Å². The maximum atomic E-state index is 12.8. The first kappa shape index (κ1) is 105. The number of nitrogens with zero attached hydrogens (tertiary/aromatic N) is 3. The van der Waals surface area contributed by atoms with Crippen molar-refractivity contribution in [1.82, 2.24) is 20.0 Å². The first-order chi connectivity index (χ1) is 33.9. The molecule has 0 aromatic rings. The number of amides is 1. The van der Waals surface area contributed by atoms with Gasteiger partial charge in [0.15, 0.2) is 0 Å². The molecule has 10 rings (SSSR count). The first-order valence-electron chi connectivity index (χ1n) is 30.8. The Hall–Kier alpha value is 0.818. The number of aliphatic hydroxyl groups is 2. The van der Waals surface area contributed by atoms with Crippen molar-refractivity contribution in [1.29, 1.82) is 0 Å². The minimum atomic E-state index is -0.666. The number of carbonyl (C=O) groups excluding carboxylic acids is 1. The third-order valence-corrected chi connectivity index (χ3v) is 17.6. The molecule has 82 heavy (non-hydrogen) atoms. The zero-order valence-corrected chi connectivity index (χ0v) is 59.1. The number of likely N-dealkylation sites (tertiary alicyclic amines) is 1. The van der Waals surface area contributed by atoms with Crippen LogP contribution in [0.5, 0.6) is 0 Å². The maximum absolute atomic E-state index is 12.8. The van der Waals surface area contributed by atoms with Crippen LogP contribution in [0.2, 0.25) is 0 Å². The molecule has 500 valence electrons. The molecule has 10 aliphatic rings. The van der Waals surface area contributed by atoms with Crippen LogP contribution < -0.4 is 5.32 Å². The Morgan fingerprint density at radius 2 is 0.561 bits per heavy atom. The largest absolute Gasteiger partial charge is 2.00 e. The molecule has 8 saturated carbocycles. The predicted octanol–water partition coefficient (Wildman–Crippen LogP) is 17.7. The molecular weight excluding hydrogens is 1190 g/mol. The van der Waals surface area contributed by atoms with Crippen molar-refractivity contribution in [2.24, 2.45) is 35.5 Å². The number of carbonyl (C=O) groups is 2. The number of hydrogen-bond acceptors (Lipinski definition) is 7. The molecule has 0 aromatic carbocycles. The molecule has 9 nitrogen and oxygen atoms in total. The molecule has 0 atom stereocenters. The van der Waals surface area contributed by atoms with E-state index in [9.17, 15) is 14.7 Å². The van der Waals surface area contributed by atoms with Gasteiger partial charge in [0.2, 0.25) is 5.91 Å². The fourth-order valence-corrected chi connectivity index (χ4v) is 13.1. The van der Waals surface area contributed by atoms with Gasteiger partial charge in [-0.1, -0.05) is 187 Å². The Morgan fingerprint density at radius 3 is 0.768 bits per heavy atom. The zero-order valence-electron chi connectivity index (χ0n) is 54.6. The number of nitrogens with one attached hydrogen (secondary N) is 1. The summed E-state index contributed by atoms with van der Waals surface area (Å²) in [5.41, 5.74) is 0. The molecule has 1 amide bonds. The molecular formula is C69H142Fe4N4O5. The number of hydrogen-bond donors (Lipinski definition) is 4. The van der Waals surface area contributed by atoms with E-state index in [1.54, 1.807) is 0 Å². The van der Waals surface area contributed by atoms with Crippen molar-refractivity contribution >= 4 is 11.9 Å². The van der Waals surface area contributed by atoms with Gasteiger partial charge in [0.1, 0.15) is 0 Å². The monoisotopic (exact) mass is 1330 g/mol. The fourth-order valence-electron chi connectivity index (χ4n) is 13.1. The van der Waals surface area contributed by atoms with E-state index >= 15 is 0 Å². The van der Waals surface area contributed by atoms with Gasteiger partial charge in [-0.3, -0.25) is 19.4 Å². The van der Waals surface area contributed by atoms with Crippen LogP contribution in [0.1, 0.15) is 264 Å². The third kappa shape index (κ3) is 52.7. The van der Waals surface area contributed by atoms with Crippen LogP contribution in [0.4, 0.5) is 0 Å². The Kier molecular flexibility index (Phi) is 90.4. The Bertz CT molecular complexity index is 1100. The van der Waals surface area contributed by atoms with E-state index in [-0.39, 0.29) is 148 Å². The molecule has 0 bridgehead atoms. The summed E-state index contributed by atoms with van der Waals surface area (Å²) in [4.78, 5) is 30.4. The molecule has 8 aliphatic carbocycles. The van der Waals surface area contributed by atoms with Crippen molar-refractivity contribution in [3.63, 3.8) is 0 Å². The second kappa shape index (κ2) is 70.9. The summed E-state index contributed by atoms with van der Waals surface area (Å²) < 4.78 is 0. The molecule has 4 N–H and O–H groups in total. The van der Waals surface area contributed by atoms with Crippen molar-refractivity contribution in [2.45, 2.75) is 264 Å². The average molecular weight is 1330 g/mol. The van der Waals surface area contributed by atoms with Gasteiger partial charge in [-0.05, 0) is 126 Å². The van der Waals surface area contributed by atoms with Crippen molar-refractivity contribution in [3.05, 3.63) is 59.4 Å². The summed E-state index contributed by atoms with van der Waals surface area (Å²) in [6, 6.07) is 0. The first-order valence-corrected chi connectivity index (χ1v) is 30.8. The smallest absolute Gasteiger partial charge is 0.480 e. The summed E-state index contributed by atoms with van der Waals surface area (Å²) in [5, 5.41) is 30.2. The second-order valence-electron chi connectivity index (χ2n) is 23.8. The average Bonchev–Trinajstić information content (AvgIpc) is 4.22. The van der Waals surface area contributed by atoms with E-state index in [4.69, 9.17) is 10.2 Å². The summed E-state index contributed by atoms with van der Waals surface area (Å²) in [6.07, 6.45) is 55.8. The number of aliphatic carboxylic acids is 1. The second-order valence-corrected chi connectivity index (χ2v) is 23.8. The van der Waals surface area contributed by atoms with Crippen LogP contribution >= 0.6 is 0 Å². The number of carboxylic acids is 1. The van der Waals surface area contributed by atoms with Crippen molar-refractivity contribution in [3.8, 4) is 0 Å². The van der Waals surface area contributed by atoms with E-state index in [0.717, 1.165) is 102 Å². The number of aliphatic hydroxyl groups excluding tert-OH is 2. The molecule has 2 aliphatic heterocycles. The van der Waals surface area contributed by atoms with Crippen LogP contribution in [0.3, 0.4) is 0 Å². The van der Waals surface area contributed by atoms with Crippen LogP contribution in [-0.4, -0.2) is 121 Å². The summed E-state index contributed by atoms with van der Waals surface area (Å²) >= 11 is 0. The Balaban J connectivity index is -0.0000000984. The molecule has 2 saturated heterocycles. The minimum absolute atomic E-state index is 0. The van der Waals surface area contributed by atoms with Gasteiger partial charge in [0.25, 0.3) is 0 Å². The molecule has 0 unspecified atom stereocenters. The van der Waals surface area contributed by atoms with Gasteiger partial charge < -0.3 is 84.9 Å². The van der Waals surface area contributed by atoms with E-state index in [1.165, 1.54) is 231 Å². The molecule has 2 heterocycles. The quantitative estimate of drug-likeness (QED) is 0.100. The Labute approximate surface area is 559 Å². The third-order valence-electron chi connectivity index (χ3n) is 17.6. The topological polar surface area (TPSA) is 117 Å². The van der Waals surface area contributed by atoms with Crippen LogP contribution in [0, 0.1) is 94.9 Å². The predicted molar refractivity (Wildman–Crippen MR) is 348 cm³/mol. The minimum Gasteiger partial charge on any atom is -0.480 e. The molecule has 0 aromatic heterocycles. The van der Waals surface area contributed by atoms with Crippen molar-refractivity contribution in [2.75, 3.05) is 78.7 Å². The molecule has 0 radical (unpaired) electrons. The van der Waals surface area contributed by atoms with Crippen molar-refractivity contribution < 1.29 is 93.2 Å². The van der Waals surface area contributed by atoms with Gasteiger partial charge in [-0.25, -0.2) is 0 Å². The van der Waals surface area contributed by atoms with Gasteiger partial charge in [0.05, 0.1) is 13.1 Å². The van der Waals surface area contributed by atoms with Gasteiger partial charge in [-0.15, -0.1) is 0 Å². The fraction of sp³-hybridized carbons (Fsp3) is 0.855. The zero-order chi connectivity index (χ0) is 48.8. The molecule has 13 heteroatoms. The van der Waals surface area contributed by atoms with Crippen LogP contribution in [-0.2, 0) is 77.9 Å². The number of piperidine rings is 2. The maximum Gasteiger partial charge on any atom is 2.00 e. The van der Waals surface area contributed by atoms with E-state index < -0.39 is 5.97 Å². The molecule has 0 spiro atoms. The SMILES string of the molecule is C.C1CCCC1.C1CCCC1.C1CCCC1.C1CCCC1.O=C(CN(CC1CCCC1)CC1CCCC1)N1CCC(CO)CC1.O=C(O)CN(CC1CCCC1)CC1CCCC1.OCC1CCNCC1.[CH3-].[CH3-].[CH3-].[CH3-].[CH3-].[CH3-].[CH3-].[CH3-].[Fe+2].[Fe+2].[Fe+2].[Fe+2]. The van der Waals surface area contributed by atoms with Crippen LogP contribution in [0.25, 0.3) is 0 Å².